The lowest BCUT2D eigenvalue weighted by molar-refractivity contribution is -0.143. The van der Waals surface area contributed by atoms with Crippen molar-refractivity contribution in [1.29, 1.82) is 0 Å². The predicted octanol–water partition coefficient (Wildman–Crippen LogP) is 3.87. The SMILES string of the molecule is CC(C)OC(=O)OCOc1ccc2c(c1)[C@@]13CCCC[C@@H]1[C@H](C2)NCC3.O=C(O)CCC(=O)O. The first kappa shape index (κ1) is 25.8. The second kappa shape index (κ2) is 11.6. The molecule has 3 N–H and O–H groups in total. The van der Waals surface area contributed by atoms with Crippen molar-refractivity contribution in [2.45, 2.75) is 82.8 Å². The number of carboxylic acids is 2. The summed E-state index contributed by atoms with van der Waals surface area (Å²) in [5, 5.41) is 19.6. The number of carboxylic acid groups (broad SMARTS) is 2. The molecule has 188 valence electrons. The Morgan fingerprint density at radius 3 is 2.53 bits per heavy atom. The van der Waals surface area contributed by atoms with Gasteiger partial charge in [0, 0.05) is 11.5 Å². The van der Waals surface area contributed by atoms with Crippen molar-refractivity contribution in [2.24, 2.45) is 5.92 Å². The van der Waals surface area contributed by atoms with E-state index in [9.17, 15) is 14.4 Å². The van der Waals surface area contributed by atoms with Gasteiger partial charge in [0.15, 0.2) is 0 Å². The van der Waals surface area contributed by atoms with Crippen LogP contribution in [0.5, 0.6) is 5.75 Å². The van der Waals surface area contributed by atoms with Crippen LogP contribution in [0.4, 0.5) is 4.79 Å². The van der Waals surface area contributed by atoms with Gasteiger partial charge in [-0.25, -0.2) is 4.79 Å². The third-order valence-electron chi connectivity index (χ3n) is 6.91. The quantitative estimate of drug-likeness (QED) is 0.395. The molecule has 1 heterocycles. The molecule has 3 aliphatic rings. The van der Waals surface area contributed by atoms with Crippen LogP contribution in [0.15, 0.2) is 18.2 Å². The van der Waals surface area contributed by atoms with E-state index in [-0.39, 0.29) is 25.7 Å². The number of piperidine rings is 1. The van der Waals surface area contributed by atoms with E-state index >= 15 is 0 Å². The molecule has 0 spiro atoms. The normalized spacial score (nSPS) is 24.6. The van der Waals surface area contributed by atoms with Crippen LogP contribution in [0.1, 0.15) is 69.9 Å². The van der Waals surface area contributed by atoms with Crippen LogP contribution in [0.25, 0.3) is 0 Å². The van der Waals surface area contributed by atoms with Crippen LogP contribution in [0, 0.1) is 5.92 Å². The van der Waals surface area contributed by atoms with Gasteiger partial charge in [-0.15, -0.1) is 0 Å². The number of hydrogen-bond donors (Lipinski definition) is 3. The van der Waals surface area contributed by atoms with Crippen LogP contribution < -0.4 is 10.1 Å². The zero-order valence-corrected chi connectivity index (χ0v) is 19.9. The van der Waals surface area contributed by atoms with Gasteiger partial charge in [-0.1, -0.05) is 18.9 Å². The number of ether oxygens (including phenoxy) is 3. The molecule has 34 heavy (non-hydrogen) atoms. The molecule has 9 heteroatoms. The zero-order chi connectivity index (χ0) is 24.7. The van der Waals surface area contributed by atoms with E-state index in [1.165, 1.54) is 43.2 Å². The minimum Gasteiger partial charge on any atom is -0.481 e. The molecule has 1 aliphatic heterocycles. The molecular weight excluding hydrogens is 442 g/mol. The summed E-state index contributed by atoms with van der Waals surface area (Å²) < 4.78 is 15.6. The molecule has 1 aromatic rings. The lowest BCUT2D eigenvalue weighted by Gasteiger charge is -2.56. The Balaban J connectivity index is 0.000000350. The number of fused-ring (bicyclic) bond motifs is 1. The lowest BCUT2D eigenvalue weighted by atomic mass is 9.53. The van der Waals surface area contributed by atoms with E-state index in [0.717, 1.165) is 24.6 Å². The molecule has 1 saturated heterocycles. The van der Waals surface area contributed by atoms with Crippen molar-refractivity contribution in [3.05, 3.63) is 29.3 Å². The highest BCUT2D eigenvalue weighted by molar-refractivity contribution is 5.75. The Morgan fingerprint density at radius 2 is 1.85 bits per heavy atom. The van der Waals surface area contributed by atoms with Crippen molar-refractivity contribution in [2.75, 3.05) is 13.3 Å². The first-order valence-electron chi connectivity index (χ1n) is 12.0. The van der Waals surface area contributed by atoms with Crippen LogP contribution in [-0.4, -0.2) is 53.8 Å². The fraction of sp³-hybridized carbons (Fsp3) is 0.640. The molecule has 1 saturated carbocycles. The molecule has 2 aliphatic carbocycles. The van der Waals surface area contributed by atoms with E-state index in [1.807, 2.05) is 6.07 Å². The van der Waals surface area contributed by atoms with E-state index in [4.69, 9.17) is 24.4 Å². The highest BCUT2D eigenvalue weighted by Crippen LogP contribution is 2.54. The Morgan fingerprint density at radius 1 is 1.12 bits per heavy atom. The third-order valence-corrected chi connectivity index (χ3v) is 6.91. The maximum atomic E-state index is 11.5. The molecule has 9 nitrogen and oxygen atoms in total. The number of carbonyl (C=O) groups excluding carboxylic acids is 1. The summed E-state index contributed by atoms with van der Waals surface area (Å²) in [6.45, 7) is 4.57. The average Bonchev–Trinajstić information content (AvgIpc) is 2.78. The molecule has 0 radical (unpaired) electrons. The molecule has 2 bridgehead atoms. The van der Waals surface area contributed by atoms with Gasteiger partial charge in [0.25, 0.3) is 0 Å². The number of hydrogen-bond acceptors (Lipinski definition) is 7. The second-order valence-electron chi connectivity index (χ2n) is 9.45. The largest absolute Gasteiger partial charge is 0.511 e. The Hall–Kier alpha value is -2.81. The number of benzene rings is 1. The van der Waals surface area contributed by atoms with Gasteiger partial charge < -0.3 is 29.7 Å². The molecule has 4 rings (SSSR count). The van der Waals surface area contributed by atoms with Crippen LogP contribution in [0.3, 0.4) is 0 Å². The maximum absolute atomic E-state index is 11.5. The Bertz CT molecular complexity index is 868. The van der Waals surface area contributed by atoms with Crippen LogP contribution in [0.2, 0.25) is 0 Å². The summed E-state index contributed by atoms with van der Waals surface area (Å²) in [6, 6.07) is 7.01. The smallest absolute Gasteiger partial charge is 0.481 e. The van der Waals surface area contributed by atoms with Gasteiger partial charge in [0.2, 0.25) is 6.79 Å². The standard InChI is InChI=1S/C21H29NO4.C4H6O4/c1-14(2)26-20(23)25-13-24-16-7-6-15-11-19-17-5-3-4-8-21(17,9-10-22-19)18(15)12-16;5-3(6)1-2-4(7)8/h6-7,12,14,17,19,22H,3-5,8-11,13H2,1-2H3;1-2H2,(H,5,6)(H,7,8)/t17-,19+,21-;/m1./s1. The van der Waals surface area contributed by atoms with Crippen molar-refractivity contribution < 1.29 is 38.8 Å². The molecule has 0 aromatic heterocycles. The molecule has 0 amide bonds. The molecule has 0 unspecified atom stereocenters. The molecule has 1 aromatic carbocycles. The van der Waals surface area contributed by atoms with Crippen molar-refractivity contribution in [1.82, 2.24) is 5.32 Å². The number of aliphatic carboxylic acids is 2. The van der Waals surface area contributed by atoms with Crippen LogP contribution in [-0.2, 0) is 30.9 Å². The van der Waals surface area contributed by atoms with E-state index in [1.54, 1.807) is 13.8 Å². The lowest BCUT2D eigenvalue weighted by Crippen LogP contribution is -2.59. The summed E-state index contributed by atoms with van der Waals surface area (Å²) in [5.74, 6) is -0.637. The molecule has 3 atom stereocenters. The first-order chi connectivity index (χ1) is 16.2. The van der Waals surface area contributed by atoms with Crippen molar-refractivity contribution in [3.8, 4) is 5.75 Å². The number of rotatable bonds is 7. The predicted molar refractivity (Wildman–Crippen MR) is 123 cm³/mol. The van der Waals surface area contributed by atoms with Gasteiger partial charge in [-0.2, -0.15) is 0 Å². The topological polar surface area (TPSA) is 131 Å². The van der Waals surface area contributed by atoms with E-state index < -0.39 is 18.1 Å². The van der Waals surface area contributed by atoms with E-state index in [0.29, 0.717) is 11.5 Å². The highest BCUT2D eigenvalue weighted by atomic mass is 16.8. The van der Waals surface area contributed by atoms with Crippen molar-refractivity contribution in [3.63, 3.8) is 0 Å². The van der Waals surface area contributed by atoms with Crippen LogP contribution >= 0.6 is 0 Å². The minimum atomic E-state index is -1.08. The van der Waals surface area contributed by atoms with E-state index in [2.05, 4.69) is 17.4 Å². The van der Waals surface area contributed by atoms with Gasteiger partial charge in [0.1, 0.15) is 5.75 Å². The monoisotopic (exact) mass is 477 g/mol. The van der Waals surface area contributed by atoms with Gasteiger partial charge in [0.05, 0.1) is 18.9 Å². The fourth-order valence-electron chi connectivity index (χ4n) is 5.58. The summed E-state index contributed by atoms with van der Waals surface area (Å²) in [4.78, 5) is 30.8. The zero-order valence-electron chi connectivity index (χ0n) is 19.9. The maximum Gasteiger partial charge on any atom is 0.511 e. The first-order valence-corrected chi connectivity index (χ1v) is 12.0. The number of carbonyl (C=O) groups is 3. The molecule has 2 fully saturated rings. The summed E-state index contributed by atoms with van der Waals surface area (Å²) in [6.07, 6.45) is 6.12. The van der Waals surface area contributed by atoms with Gasteiger partial charge in [-0.05, 0) is 75.3 Å². The fourth-order valence-corrected chi connectivity index (χ4v) is 5.58. The minimum absolute atomic E-state index is 0.120. The summed E-state index contributed by atoms with van der Waals surface area (Å²) in [5.41, 5.74) is 3.23. The van der Waals surface area contributed by atoms with Gasteiger partial charge in [-0.3, -0.25) is 9.59 Å². The Kier molecular flexibility index (Phi) is 8.77. The Labute approximate surface area is 199 Å². The number of nitrogens with one attached hydrogen (secondary N) is 1. The second-order valence-corrected chi connectivity index (χ2v) is 9.45. The average molecular weight is 478 g/mol. The molecular formula is C25H35NO8. The third kappa shape index (κ3) is 6.40. The highest BCUT2D eigenvalue weighted by Gasteiger charge is 2.51. The van der Waals surface area contributed by atoms with Gasteiger partial charge >= 0.3 is 18.1 Å². The van der Waals surface area contributed by atoms with Crippen molar-refractivity contribution >= 4 is 18.1 Å². The summed E-state index contributed by atoms with van der Waals surface area (Å²) in [7, 11) is 0. The summed E-state index contributed by atoms with van der Waals surface area (Å²) >= 11 is 0.